The van der Waals surface area contributed by atoms with E-state index >= 15 is 0 Å². The van der Waals surface area contributed by atoms with Crippen LogP contribution in [0.4, 0.5) is 0 Å². The smallest absolute Gasteiger partial charge is 0.336 e. The van der Waals surface area contributed by atoms with Crippen molar-refractivity contribution in [3.05, 3.63) is 111 Å². The minimum atomic E-state index is -0.510. The summed E-state index contributed by atoms with van der Waals surface area (Å²) < 4.78 is 4.03. The van der Waals surface area contributed by atoms with E-state index in [1.54, 1.807) is 17.0 Å². The second-order valence-corrected chi connectivity index (χ2v) is 9.75. The number of nitrogens with zero attached hydrogens (tertiary/aromatic N) is 3. The molecule has 36 heavy (non-hydrogen) atoms. The molecule has 7 heteroatoms. The maximum absolute atomic E-state index is 13.9. The van der Waals surface area contributed by atoms with Gasteiger partial charge in [0.05, 0.1) is 11.2 Å². The van der Waals surface area contributed by atoms with Crippen molar-refractivity contribution in [3.8, 4) is 5.69 Å². The van der Waals surface area contributed by atoms with Crippen LogP contribution in [0.3, 0.4) is 0 Å². The number of hydrogen-bond acceptors (Lipinski definition) is 4. The number of thiophene rings is 1. The molecular formula is C29H27N3O3S. The van der Waals surface area contributed by atoms with Gasteiger partial charge in [-0.1, -0.05) is 67.6 Å². The van der Waals surface area contributed by atoms with Crippen molar-refractivity contribution in [3.63, 3.8) is 0 Å². The molecule has 2 aromatic heterocycles. The number of benzene rings is 3. The molecule has 2 heterocycles. The van der Waals surface area contributed by atoms with Crippen LogP contribution in [0.15, 0.2) is 88.5 Å². The fourth-order valence-electron chi connectivity index (χ4n) is 4.52. The Labute approximate surface area is 212 Å². The zero-order valence-electron chi connectivity index (χ0n) is 20.3. The van der Waals surface area contributed by atoms with Crippen molar-refractivity contribution >= 4 is 37.5 Å². The lowest BCUT2D eigenvalue weighted by molar-refractivity contribution is -0.132. The van der Waals surface area contributed by atoms with Crippen LogP contribution in [0.2, 0.25) is 0 Å². The molecule has 1 amide bonds. The van der Waals surface area contributed by atoms with E-state index in [9.17, 15) is 14.4 Å². The van der Waals surface area contributed by atoms with E-state index < -0.39 is 5.69 Å². The first-order chi connectivity index (χ1) is 17.5. The average molecular weight is 498 g/mol. The van der Waals surface area contributed by atoms with Crippen molar-refractivity contribution in [1.29, 1.82) is 0 Å². The fraction of sp³-hybridized carbons (Fsp3) is 0.207. The molecule has 0 fully saturated rings. The normalized spacial score (nSPS) is 11.3. The summed E-state index contributed by atoms with van der Waals surface area (Å²) in [5.74, 6) is -0.174. The van der Waals surface area contributed by atoms with Crippen LogP contribution in [-0.2, 0) is 24.3 Å². The number of carbonyl (C=O) groups excluding carboxylic acids is 1. The molecule has 0 aliphatic carbocycles. The Kier molecular flexibility index (Phi) is 6.57. The predicted octanol–water partition coefficient (Wildman–Crippen LogP) is 4.98. The molecule has 0 atom stereocenters. The van der Waals surface area contributed by atoms with E-state index in [2.05, 4.69) is 6.92 Å². The Morgan fingerprint density at radius 2 is 1.56 bits per heavy atom. The monoisotopic (exact) mass is 497 g/mol. The lowest BCUT2D eigenvalue weighted by atomic mass is 10.1. The van der Waals surface area contributed by atoms with Gasteiger partial charge in [-0.15, -0.1) is 11.3 Å². The van der Waals surface area contributed by atoms with Gasteiger partial charge in [0.15, 0.2) is 0 Å². The van der Waals surface area contributed by atoms with Gasteiger partial charge in [0.1, 0.15) is 11.2 Å². The first-order valence-electron chi connectivity index (χ1n) is 12.1. The lowest BCUT2D eigenvalue weighted by Crippen LogP contribution is -2.42. The van der Waals surface area contributed by atoms with Crippen molar-refractivity contribution in [1.82, 2.24) is 14.0 Å². The first kappa shape index (κ1) is 23.8. The highest BCUT2D eigenvalue weighted by Crippen LogP contribution is 2.31. The zero-order valence-corrected chi connectivity index (χ0v) is 21.1. The molecule has 5 rings (SSSR count). The van der Waals surface area contributed by atoms with Crippen LogP contribution in [0, 0.1) is 0 Å². The Bertz CT molecular complexity index is 1660. The number of hydrogen-bond donors (Lipinski definition) is 0. The topological polar surface area (TPSA) is 64.3 Å². The van der Waals surface area contributed by atoms with Crippen LogP contribution in [-0.4, -0.2) is 26.5 Å². The fourth-order valence-corrected chi connectivity index (χ4v) is 5.66. The van der Waals surface area contributed by atoms with Crippen LogP contribution in [0.25, 0.3) is 26.0 Å². The van der Waals surface area contributed by atoms with E-state index in [0.29, 0.717) is 29.0 Å². The van der Waals surface area contributed by atoms with Gasteiger partial charge in [0, 0.05) is 23.2 Å². The number of amides is 1. The maximum Gasteiger partial charge on any atom is 0.336 e. The third-order valence-electron chi connectivity index (χ3n) is 6.51. The predicted molar refractivity (Wildman–Crippen MR) is 146 cm³/mol. The molecule has 182 valence electrons. The molecule has 0 aliphatic rings. The highest BCUT2D eigenvalue weighted by Gasteiger charge is 2.22. The summed E-state index contributed by atoms with van der Waals surface area (Å²) in [5, 5.41) is 0.805. The van der Waals surface area contributed by atoms with Crippen molar-refractivity contribution < 1.29 is 4.79 Å². The minimum absolute atomic E-state index is 0.149. The maximum atomic E-state index is 13.9. The van der Waals surface area contributed by atoms with Gasteiger partial charge in [-0.25, -0.2) is 9.36 Å². The largest absolute Gasteiger partial charge is 0.337 e. The number of likely N-dealkylation sites (N-methyl/N-ethyl adjacent to an activating group) is 1. The average Bonchev–Trinajstić information content (AvgIpc) is 3.30. The molecule has 0 aliphatic heterocycles. The summed E-state index contributed by atoms with van der Waals surface area (Å²) in [5.41, 5.74) is 2.29. The van der Waals surface area contributed by atoms with Gasteiger partial charge in [-0.2, -0.15) is 0 Å². The third-order valence-corrected chi connectivity index (χ3v) is 7.65. The molecule has 6 nitrogen and oxygen atoms in total. The molecule has 0 unspecified atom stereocenters. The van der Waals surface area contributed by atoms with Gasteiger partial charge in [0.25, 0.3) is 5.56 Å². The van der Waals surface area contributed by atoms with Crippen LogP contribution < -0.4 is 11.2 Å². The summed E-state index contributed by atoms with van der Waals surface area (Å²) in [4.78, 5) is 42.7. The van der Waals surface area contributed by atoms with Crippen molar-refractivity contribution in [2.75, 3.05) is 6.54 Å². The quantitative estimate of drug-likeness (QED) is 0.319. The second-order valence-electron chi connectivity index (χ2n) is 8.70. The molecule has 0 spiro atoms. The van der Waals surface area contributed by atoms with Crippen LogP contribution in [0.5, 0.6) is 0 Å². The molecule has 3 aromatic carbocycles. The Balaban J connectivity index is 1.67. The first-order valence-corrected chi connectivity index (χ1v) is 12.9. The zero-order chi connectivity index (χ0) is 25.2. The van der Waals surface area contributed by atoms with Gasteiger partial charge in [0.2, 0.25) is 5.91 Å². The second kappa shape index (κ2) is 9.95. The molecular weight excluding hydrogens is 470 g/mol. The summed E-state index contributed by atoms with van der Waals surface area (Å²) in [6.45, 7) is 4.79. The Hall–Kier alpha value is -3.97. The van der Waals surface area contributed by atoms with E-state index in [1.807, 2.05) is 73.7 Å². The molecule has 0 saturated carbocycles. The minimum Gasteiger partial charge on any atom is -0.337 e. The molecule has 0 bridgehead atoms. The third kappa shape index (κ3) is 4.27. The van der Waals surface area contributed by atoms with Gasteiger partial charge >= 0.3 is 5.69 Å². The van der Waals surface area contributed by atoms with Gasteiger partial charge < -0.3 is 4.90 Å². The van der Waals surface area contributed by atoms with Crippen molar-refractivity contribution in [2.45, 2.75) is 33.4 Å². The van der Waals surface area contributed by atoms with Crippen LogP contribution >= 0.6 is 11.3 Å². The van der Waals surface area contributed by atoms with Crippen molar-refractivity contribution in [2.24, 2.45) is 0 Å². The number of rotatable bonds is 7. The number of aromatic nitrogens is 2. The molecule has 5 aromatic rings. The molecule has 0 saturated heterocycles. The van der Waals surface area contributed by atoms with Crippen LogP contribution in [0.1, 0.15) is 25.0 Å². The standard InChI is InChI=1S/C29H27N3O3S/c1-3-20-14-16-22(17-15-20)32-28(34)27-26(23-12-8-9-13-24(23)36-27)31(29(32)35)19-25(33)30(4-2)18-21-10-6-5-7-11-21/h5-17H,3-4,18-19H2,1-2H3. The Morgan fingerprint density at radius 1 is 0.861 bits per heavy atom. The van der Waals surface area contributed by atoms with E-state index in [4.69, 9.17) is 0 Å². The number of carbonyl (C=O) groups is 1. The lowest BCUT2D eigenvalue weighted by Gasteiger charge is -2.22. The molecule has 0 N–H and O–H groups in total. The SMILES string of the molecule is CCc1ccc(-n2c(=O)c3sc4ccccc4c3n(CC(=O)N(CC)Cc3ccccc3)c2=O)cc1. The number of fused-ring (bicyclic) bond motifs is 3. The van der Waals surface area contributed by atoms with E-state index in [-0.39, 0.29) is 18.0 Å². The summed E-state index contributed by atoms with van der Waals surface area (Å²) in [6, 6.07) is 24.8. The highest BCUT2D eigenvalue weighted by molar-refractivity contribution is 7.25. The molecule has 0 radical (unpaired) electrons. The van der Waals surface area contributed by atoms with Gasteiger partial charge in [-0.3, -0.25) is 14.2 Å². The summed E-state index contributed by atoms with van der Waals surface area (Å²) >= 11 is 1.35. The Morgan fingerprint density at radius 3 is 2.25 bits per heavy atom. The van der Waals surface area contributed by atoms with Gasteiger partial charge in [-0.05, 0) is 42.7 Å². The number of aryl methyl sites for hydroxylation is 1. The van der Waals surface area contributed by atoms with E-state index in [0.717, 1.165) is 27.6 Å². The van der Waals surface area contributed by atoms with E-state index in [1.165, 1.54) is 20.5 Å². The summed E-state index contributed by atoms with van der Waals surface area (Å²) in [6.07, 6.45) is 0.859. The highest BCUT2D eigenvalue weighted by atomic mass is 32.1. The summed E-state index contributed by atoms with van der Waals surface area (Å²) in [7, 11) is 0.